The number of ether oxygens (including phenoxy) is 1. The van der Waals surface area contributed by atoms with E-state index in [1.54, 1.807) is 0 Å². The van der Waals surface area contributed by atoms with E-state index in [0.717, 1.165) is 58.4 Å². The highest BCUT2D eigenvalue weighted by molar-refractivity contribution is 5.80. The molecule has 4 aliphatic rings. The van der Waals surface area contributed by atoms with Crippen LogP contribution in [0, 0.1) is 23.7 Å². The molecule has 0 bridgehead atoms. The van der Waals surface area contributed by atoms with Gasteiger partial charge in [-0.25, -0.2) is 0 Å². The Morgan fingerprint density at radius 2 is 1.69 bits per heavy atom. The molecule has 3 saturated heterocycles. The van der Waals surface area contributed by atoms with E-state index in [9.17, 15) is 9.59 Å². The van der Waals surface area contributed by atoms with Gasteiger partial charge >= 0.3 is 0 Å². The van der Waals surface area contributed by atoms with Crippen molar-refractivity contribution in [2.45, 2.75) is 44.6 Å². The van der Waals surface area contributed by atoms with Crippen LogP contribution in [0.1, 0.15) is 50.1 Å². The summed E-state index contributed by atoms with van der Waals surface area (Å²) in [4.78, 5) is 30.3. The van der Waals surface area contributed by atoms with E-state index in [0.29, 0.717) is 36.9 Å². The molecule has 32 heavy (non-hydrogen) atoms. The molecule has 4 atom stereocenters. The van der Waals surface area contributed by atoms with Gasteiger partial charge in [0.2, 0.25) is 11.8 Å². The van der Waals surface area contributed by atoms with Crippen molar-refractivity contribution < 1.29 is 14.3 Å². The van der Waals surface area contributed by atoms with E-state index >= 15 is 0 Å². The van der Waals surface area contributed by atoms with Gasteiger partial charge in [0.15, 0.2) is 0 Å². The first-order valence-corrected chi connectivity index (χ1v) is 12.6. The second kappa shape index (κ2) is 9.92. The van der Waals surface area contributed by atoms with Gasteiger partial charge in [-0.3, -0.25) is 9.59 Å². The molecule has 0 spiro atoms. The van der Waals surface area contributed by atoms with Crippen molar-refractivity contribution in [3.8, 4) is 0 Å². The molecule has 0 aromatic heterocycles. The molecular weight excluding hydrogens is 402 g/mol. The molecule has 1 aromatic carbocycles. The molecule has 1 N–H and O–H groups in total. The largest absolute Gasteiger partial charge is 0.381 e. The van der Waals surface area contributed by atoms with E-state index in [2.05, 4.69) is 27.2 Å². The Kier molecular flexibility index (Phi) is 6.79. The summed E-state index contributed by atoms with van der Waals surface area (Å²) in [6, 6.07) is 10.4. The number of carbonyl (C=O) groups is 2. The summed E-state index contributed by atoms with van der Waals surface area (Å²) < 4.78 is 5.41. The summed E-state index contributed by atoms with van der Waals surface area (Å²) in [5, 5.41) is 3.30. The Labute approximate surface area is 191 Å². The van der Waals surface area contributed by atoms with Crippen LogP contribution in [-0.4, -0.2) is 67.6 Å². The van der Waals surface area contributed by atoms with Crippen LogP contribution in [0.4, 0.5) is 0 Å². The zero-order valence-electron chi connectivity index (χ0n) is 19.1. The van der Waals surface area contributed by atoms with Crippen LogP contribution < -0.4 is 5.32 Å². The molecule has 1 aromatic rings. The highest BCUT2D eigenvalue weighted by Crippen LogP contribution is 2.35. The maximum atomic E-state index is 12.8. The van der Waals surface area contributed by atoms with Crippen LogP contribution in [0.25, 0.3) is 0 Å². The molecule has 6 nitrogen and oxygen atoms in total. The summed E-state index contributed by atoms with van der Waals surface area (Å²) in [5.74, 6) is 2.05. The number of likely N-dealkylation sites (tertiary alicyclic amines) is 2. The van der Waals surface area contributed by atoms with Gasteiger partial charge in [-0.15, -0.1) is 0 Å². The van der Waals surface area contributed by atoms with Gasteiger partial charge in [0, 0.05) is 45.2 Å². The minimum Gasteiger partial charge on any atom is -0.381 e. The lowest BCUT2D eigenvalue weighted by atomic mass is 10.0. The number of hydrogen-bond acceptors (Lipinski definition) is 4. The third kappa shape index (κ3) is 4.86. The van der Waals surface area contributed by atoms with Gasteiger partial charge in [-0.05, 0) is 43.1 Å². The maximum absolute atomic E-state index is 12.8. The highest BCUT2D eigenvalue weighted by atomic mass is 16.5. The van der Waals surface area contributed by atoms with E-state index in [-0.39, 0.29) is 17.9 Å². The number of hydrogen-bond donors (Lipinski definition) is 1. The standard InChI is InChI=1S/C26H37N3O3/c30-25(21-11-13-32-18-21)27-24(19-6-2-1-3-7-19)10-12-28-14-22-16-29(17-23(22)15-28)26(31)20-8-4-5-9-20/h1-3,6-7,20-24H,4-5,8-18H2,(H,27,30)/t21?,22-,23?,24?/m0/s1. The molecule has 0 radical (unpaired) electrons. The van der Waals surface area contributed by atoms with Gasteiger partial charge in [-0.1, -0.05) is 43.2 Å². The van der Waals surface area contributed by atoms with Gasteiger partial charge < -0.3 is 19.9 Å². The van der Waals surface area contributed by atoms with Crippen molar-refractivity contribution in [3.63, 3.8) is 0 Å². The SMILES string of the molecule is O=C(NC(CCN1CC2CN(C(=O)C3CCCC3)C[C@@H]2C1)c1ccccc1)C1CCOC1. The second-order valence-electron chi connectivity index (χ2n) is 10.3. The van der Waals surface area contributed by atoms with Crippen LogP contribution in [0.5, 0.6) is 0 Å². The molecule has 4 fully saturated rings. The molecule has 3 heterocycles. The molecule has 174 valence electrons. The van der Waals surface area contributed by atoms with Crippen molar-refractivity contribution in [1.29, 1.82) is 0 Å². The summed E-state index contributed by atoms with van der Waals surface area (Å²) in [7, 11) is 0. The lowest BCUT2D eigenvalue weighted by Crippen LogP contribution is -2.38. The van der Waals surface area contributed by atoms with Crippen molar-refractivity contribution in [1.82, 2.24) is 15.1 Å². The molecular formula is C26H37N3O3. The van der Waals surface area contributed by atoms with Crippen LogP contribution >= 0.6 is 0 Å². The molecule has 2 amide bonds. The average Bonchev–Trinajstić information content (AvgIpc) is 3.60. The Hall–Kier alpha value is -1.92. The summed E-state index contributed by atoms with van der Waals surface area (Å²) in [6.45, 7) is 6.23. The first-order chi connectivity index (χ1) is 15.7. The lowest BCUT2D eigenvalue weighted by molar-refractivity contribution is -0.134. The fourth-order valence-electron chi connectivity index (χ4n) is 6.23. The molecule has 1 saturated carbocycles. The Morgan fingerprint density at radius 3 is 2.34 bits per heavy atom. The number of rotatable bonds is 7. The summed E-state index contributed by atoms with van der Waals surface area (Å²) in [6.07, 6.45) is 6.36. The topological polar surface area (TPSA) is 61.9 Å². The van der Waals surface area contributed by atoms with Crippen LogP contribution in [-0.2, 0) is 14.3 Å². The van der Waals surface area contributed by atoms with Gasteiger partial charge in [0.1, 0.15) is 0 Å². The monoisotopic (exact) mass is 439 g/mol. The number of nitrogens with zero attached hydrogens (tertiary/aromatic N) is 2. The Bertz CT molecular complexity index is 775. The minimum absolute atomic E-state index is 0.0178. The molecule has 3 unspecified atom stereocenters. The van der Waals surface area contributed by atoms with Gasteiger partial charge in [0.05, 0.1) is 18.6 Å². The van der Waals surface area contributed by atoms with Gasteiger partial charge in [-0.2, -0.15) is 0 Å². The molecule has 3 aliphatic heterocycles. The minimum atomic E-state index is -0.0178. The quantitative estimate of drug-likeness (QED) is 0.710. The van der Waals surface area contributed by atoms with E-state index in [1.165, 1.54) is 18.4 Å². The molecule has 5 rings (SSSR count). The predicted octanol–water partition coefficient (Wildman–Crippen LogP) is 2.85. The molecule has 6 heteroatoms. The van der Waals surface area contributed by atoms with E-state index < -0.39 is 0 Å². The first kappa shape index (κ1) is 21.9. The van der Waals surface area contributed by atoms with E-state index in [1.807, 2.05) is 18.2 Å². The zero-order chi connectivity index (χ0) is 21.9. The Morgan fingerprint density at radius 1 is 0.969 bits per heavy atom. The lowest BCUT2D eigenvalue weighted by Gasteiger charge is -2.26. The van der Waals surface area contributed by atoms with Gasteiger partial charge in [0.25, 0.3) is 0 Å². The van der Waals surface area contributed by atoms with Crippen molar-refractivity contribution in [2.75, 3.05) is 45.9 Å². The van der Waals surface area contributed by atoms with Crippen LogP contribution in [0.15, 0.2) is 30.3 Å². The maximum Gasteiger partial charge on any atom is 0.226 e. The van der Waals surface area contributed by atoms with Crippen molar-refractivity contribution in [3.05, 3.63) is 35.9 Å². The third-order valence-corrected chi connectivity index (χ3v) is 8.13. The number of amides is 2. The first-order valence-electron chi connectivity index (χ1n) is 12.6. The zero-order valence-corrected chi connectivity index (χ0v) is 19.1. The number of fused-ring (bicyclic) bond motifs is 1. The third-order valence-electron chi connectivity index (χ3n) is 8.13. The Balaban J connectivity index is 1.14. The average molecular weight is 440 g/mol. The smallest absolute Gasteiger partial charge is 0.226 e. The fourth-order valence-corrected chi connectivity index (χ4v) is 6.23. The number of carbonyl (C=O) groups excluding carboxylic acids is 2. The van der Waals surface area contributed by atoms with Crippen LogP contribution in [0.2, 0.25) is 0 Å². The summed E-state index contributed by atoms with van der Waals surface area (Å²) >= 11 is 0. The van der Waals surface area contributed by atoms with Crippen LogP contribution in [0.3, 0.4) is 0 Å². The summed E-state index contributed by atoms with van der Waals surface area (Å²) in [5.41, 5.74) is 1.17. The van der Waals surface area contributed by atoms with E-state index in [4.69, 9.17) is 4.74 Å². The highest BCUT2D eigenvalue weighted by Gasteiger charge is 2.43. The molecule has 1 aliphatic carbocycles. The number of nitrogens with one attached hydrogen (secondary N) is 1. The fraction of sp³-hybridized carbons (Fsp3) is 0.692. The predicted molar refractivity (Wildman–Crippen MR) is 123 cm³/mol. The second-order valence-corrected chi connectivity index (χ2v) is 10.3. The van der Waals surface area contributed by atoms with Crippen molar-refractivity contribution >= 4 is 11.8 Å². The normalized spacial score (nSPS) is 29.4. The number of benzene rings is 1. The van der Waals surface area contributed by atoms with Crippen molar-refractivity contribution in [2.24, 2.45) is 23.7 Å².